The summed E-state index contributed by atoms with van der Waals surface area (Å²) in [5.41, 5.74) is 0.893. The molecule has 0 aromatic heterocycles. The first-order valence-electron chi connectivity index (χ1n) is 5.90. The summed E-state index contributed by atoms with van der Waals surface area (Å²) in [6.45, 7) is 3.23. The average molecular weight is 253 g/mol. The van der Waals surface area contributed by atoms with Gasteiger partial charge in [-0.15, -0.1) is 0 Å². The Hall–Kier alpha value is -1.75. The fourth-order valence-electron chi connectivity index (χ4n) is 1.56. The first kappa shape index (κ1) is 14.3. The molecule has 0 unspecified atom stereocenters. The van der Waals surface area contributed by atoms with Crippen LogP contribution in [0.4, 0.5) is 0 Å². The number of carboxylic acid groups (broad SMARTS) is 1. The normalized spacial score (nSPS) is 10.1. The molecule has 5 heteroatoms. The van der Waals surface area contributed by atoms with E-state index in [-0.39, 0.29) is 6.61 Å². The molecule has 0 spiro atoms. The number of ether oxygens (including phenoxy) is 2. The van der Waals surface area contributed by atoms with Gasteiger partial charge in [0.25, 0.3) is 0 Å². The Balaban J connectivity index is 2.82. The number of methoxy groups -OCH3 is 1. The molecule has 0 radical (unpaired) electrons. The first-order valence-corrected chi connectivity index (χ1v) is 5.90. The van der Waals surface area contributed by atoms with Crippen molar-refractivity contribution in [3.8, 4) is 11.5 Å². The number of hydrogen-bond acceptors (Lipinski definition) is 4. The standard InChI is InChI=1S/C13H19NO4/c1-3-7-14-8-10-5-4-6-11(17-2)13(10)18-9-12(15)16/h4-6,14H,3,7-9H2,1-2H3,(H,15,16). The third-order valence-corrected chi connectivity index (χ3v) is 2.36. The van der Waals surface area contributed by atoms with Crippen LogP contribution in [0.3, 0.4) is 0 Å². The summed E-state index contributed by atoms with van der Waals surface area (Å²) in [5.74, 6) is 0.0337. The van der Waals surface area contributed by atoms with Gasteiger partial charge in [0.1, 0.15) is 0 Å². The van der Waals surface area contributed by atoms with E-state index in [1.165, 1.54) is 7.11 Å². The Labute approximate surface area is 107 Å². The highest BCUT2D eigenvalue weighted by molar-refractivity contribution is 5.68. The molecule has 0 bridgehead atoms. The summed E-state index contributed by atoms with van der Waals surface area (Å²) in [6.07, 6.45) is 1.04. The fraction of sp³-hybridized carbons (Fsp3) is 0.462. The minimum absolute atomic E-state index is 0.374. The quantitative estimate of drug-likeness (QED) is 0.690. The second-order valence-electron chi connectivity index (χ2n) is 3.81. The van der Waals surface area contributed by atoms with Crippen molar-refractivity contribution in [2.24, 2.45) is 0 Å². The molecule has 5 nitrogen and oxygen atoms in total. The van der Waals surface area contributed by atoms with Gasteiger partial charge in [-0.05, 0) is 19.0 Å². The number of hydrogen-bond donors (Lipinski definition) is 2. The van der Waals surface area contributed by atoms with Gasteiger partial charge in [-0.2, -0.15) is 0 Å². The highest BCUT2D eigenvalue weighted by Crippen LogP contribution is 2.30. The van der Waals surface area contributed by atoms with Crippen LogP contribution in [0, 0.1) is 0 Å². The third kappa shape index (κ3) is 4.25. The molecule has 1 aromatic carbocycles. The van der Waals surface area contributed by atoms with Crippen LogP contribution < -0.4 is 14.8 Å². The molecular formula is C13H19NO4. The van der Waals surface area contributed by atoms with Crippen LogP contribution in [0.25, 0.3) is 0 Å². The monoisotopic (exact) mass is 253 g/mol. The lowest BCUT2D eigenvalue weighted by atomic mass is 10.2. The SMILES string of the molecule is CCCNCc1cccc(OC)c1OCC(=O)O. The van der Waals surface area contributed by atoms with Crippen LogP contribution in [-0.2, 0) is 11.3 Å². The van der Waals surface area contributed by atoms with Crippen molar-refractivity contribution in [2.45, 2.75) is 19.9 Å². The number of nitrogens with one attached hydrogen (secondary N) is 1. The summed E-state index contributed by atoms with van der Waals surface area (Å²) in [5, 5.41) is 11.9. The van der Waals surface area contributed by atoms with E-state index >= 15 is 0 Å². The van der Waals surface area contributed by atoms with Gasteiger partial charge in [-0.3, -0.25) is 0 Å². The zero-order valence-corrected chi connectivity index (χ0v) is 10.7. The van der Waals surface area contributed by atoms with E-state index in [0.717, 1.165) is 18.5 Å². The van der Waals surface area contributed by atoms with Crippen molar-refractivity contribution in [1.82, 2.24) is 5.32 Å². The van der Waals surface area contributed by atoms with Crippen molar-refractivity contribution in [3.05, 3.63) is 23.8 Å². The summed E-state index contributed by atoms with van der Waals surface area (Å²) in [7, 11) is 1.53. The third-order valence-electron chi connectivity index (χ3n) is 2.36. The smallest absolute Gasteiger partial charge is 0.341 e. The Kier molecular flexibility index (Phi) is 6.00. The maximum Gasteiger partial charge on any atom is 0.341 e. The predicted octanol–water partition coefficient (Wildman–Crippen LogP) is 1.66. The lowest BCUT2D eigenvalue weighted by molar-refractivity contribution is -0.139. The average Bonchev–Trinajstić information content (AvgIpc) is 2.37. The molecule has 0 heterocycles. The van der Waals surface area contributed by atoms with E-state index < -0.39 is 5.97 Å². The molecule has 100 valence electrons. The summed E-state index contributed by atoms with van der Waals surface area (Å²) < 4.78 is 10.5. The van der Waals surface area contributed by atoms with Crippen LogP contribution in [0.5, 0.6) is 11.5 Å². The van der Waals surface area contributed by atoms with Gasteiger partial charge in [0.05, 0.1) is 7.11 Å². The number of rotatable bonds is 8. The van der Waals surface area contributed by atoms with Crippen LogP contribution in [0.2, 0.25) is 0 Å². The van der Waals surface area contributed by atoms with Crippen LogP contribution in [-0.4, -0.2) is 31.3 Å². The summed E-state index contributed by atoms with van der Waals surface area (Å²) in [6, 6.07) is 5.50. The molecule has 0 aliphatic heterocycles. The maximum atomic E-state index is 10.6. The lowest BCUT2D eigenvalue weighted by Crippen LogP contribution is -2.16. The number of carbonyl (C=O) groups is 1. The molecule has 1 rings (SSSR count). The van der Waals surface area contributed by atoms with E-state index in [2.05, 4.69) is 12.2 Å². The molecule has 0 aliphatic rings. The molecule has 0 fully saturated rings. The van der Waals surface area contributed by atoms with Gasteiger partial charge >= 0.3 is 5.97 Å². The molecule has 0 saturated carbocycles. The number of carboxylic acids is 1. The Morgan fingerprint density at radius 1 is 1.44 bits per heavy atom. The summed E-state index contributed by atoms with van der Waals surface area (Å²) in [4.78, 5) is 10.6. The zero-order valence-electron chi connectivity index (χ0n) is 10.7. The molecule has 18 heavy (non-hydrogen) atoms. The number of para-hydroxylation sites is 1. The highest BCUT2D eigenvalue weighted by atomic mass is 16.5. The molecule has 0 aliphatic carbocycles. The Morgan fingerprint density at radius 3 is 2.83 bits per heavy atom. The van der Waals surface area contributed by atoms with E-state index in [1.807, 2.05) is 12.1 Å². The van der Waals surface area contributed by atoms with E-state index in [1.54, 1.807) is 6.07 Å². The van der Waals surface area contributed by atoms with E-state index in [4.69, 9.17) is 14.6 Å². The first-order chi connectivity index (χ1) is 8.69. The predicted molar refractivity (Wildman–Crippen MR) is 68.1 cm³/mol. The van der Waals surface area contributed by atoms with Crippen molar-refractivity contribution in [2.75, 3.05) is 20.3 Å². The van der Waals surface area contributed by atoms with Crippen molar-refractivity contribution < 1.29 is 19.4 Å². The largest absolute Gasteiger partial charge is 0.493 e. The molecule has 0 atom stereocenters. The Morgan fingerprint density at radius 2 is 2.22 bits per heavy atom. The maximum absolute atomic E-state index is 10.6. The molecule has 0 amide bonds. The van der Waals surface area contributed by atoms with Crippen molar-refractivity contribution >= 4 is 5.97 Å². The van der Waals surface area contributed by atoms with Gasteiger partial charge in [0.2, 0.25) is 0 Å². The molecule has 2 N–H and O–H groups in total. The van der Waals surface area contributed by atoms with Crippen molar-refractivity contribution in [1.29, 1.82) is 0 Å². The Bertz CT molecular complexity index is 393. The minimum Gasteiger partial charge on any atom is -0.493 e. The number of aliphatic carboxylic acids is 1. The second-order valence-corrected chi connectivity index (χ2v) is 3.81. The highest BCUT2D eigenvalue weighted by Gasteiger charge is 2.11. The van der Waals surface area contributed by atoms with Gasteiger partial charge in [-0.25, -0.2) is 4.79 Å². The fourth-order valence-corrected chi connectivity index (χ4v) is 1.56. The van der Waals surface area contributed by atoms with Crippen LogP contribution >= 0.6 is 0 Å². The van der Waals surface area contributed by atoms with Crippen molar-refractivity contribution in [3.63, 3.8) is 0 Å². The summed E-state index contributed by atoms with van der Waals surface area (Å²) >= 11 is 0. The zero-order chi connectivity index (χ0) is 13.4. The molecule has 0 saturated heterocycles. The van der Waals surface area contributed by atoms with Crippen LogP contribution in [0.1, 0.15) is 18.9 Å². The van der Waals surface area contributed by atoms with E-state index in [9.17, 15) is 4.79 Å². The molecular weight excluding hydrogens is 234 g/mol. The van der Waals surface area contributed by atoms with Gasteiger partial charge in [-0.1, -0.05) is 19.1 Å². The van der Waals surface area contributed by atoms with Gasteiger partial charge in [0, 0.05) is 12.1 Å². The number of benzene rings is 1. The molecule has 1 aromatic rings. The van der Waals surface area contributed by atoms with E-state index in [0.29, 0.717) is 18.0 Å². The van der Waals surface area contributed by atoms with Gasteiger partial charge in [0.15, 0.2) is 18.1 Å². The minimum atomic E-state index is -1.01. The second kappa shape index (κ2) is 7.55. The van der Waals surface area contributed by atoms with Crippen LogP contribution in [0.15, 0.2) is 18.2 Å². The topological polar surface area (TPSA) is 67.8 Å². The van der Waals surface area contributed by atoms with Gasteiger partial charge < -0.3 is 19.9 Å². The lowest BCUT2D eigenvalue weighted by Gasteiger charge is -2.14.